The lowest BCUT2D eigenvalue weighted by molar-refractivity contribution is 0.0926. The topological polar surface area (TPSA) is 69.9 Å². The molecule has 0 bridgehead atoms. The van der Waals surface area contributed by atoms with Crippen LogP contribution in [0.2, 0.25) is 0 Å². The summed E-state index contributed by atoms with van der Waals surface area (Å²) in [5.74, 6) is 0.979. The zero-order valence-electron chi connectivity index (χ0n) is 13.8. The number of amides is 1. The summed E-state index contributed by atoms with van der Waals surface area (Å²) in [4.78, 5) is 18.4. The zero-order chi connectivity index (χ0) is 16.8. The Morgan fingerprint density at radius 2 is 1.96 bits per heavy atom. The first-order chi connectivity index (χ1) is 11.8. The largest absolute Gasteiger partial charge is 0.459 e. The zero-order valence-corrected chi connectivity index (χ0v) is 13.8. The molecule has 126 valence electrons. The molecule has 6 nitrogen and oxygen atoms in total. The quantitative estimate of drug-likeness (QED) is 0.509. The van der Waals surface area contributed by atoms with Gasteiger partial charge in [0.15, 0.2) is 11.7 Å². The van der Waals surface area contributed by atoms with E-state index in [-0.39, 0.29) is 5.91 Å². The molecule has 2 N–H and O–H groups in total. The number of carbonyl (C=O) groups is 1. The van der Waals surface area contributed by atoms with Crippen molar-refractivity contribution in [1.29, 1.82) is 0 Å². The first-order valence-corrected chi connectivity index (χ1v) is 8.12. The predicted octanol–water partition coefficient (Wildman–Crippen LogP) is 1.64. The third kappa shape index (κ3) is 3.76. The Morgan fingerprint density at radius 1 is 1.17 bits per heavy atom. The number of hydrogen-bond acceptors (Lipinski definition) is 3. The van der Waals surface area contributed by atoms with Crippen molar-refractivity contribution in [3.63, 3.8) is 0 Å². The molecule has 6 heteroatoms. The number of nitrogens with zero attached hydrogens (tertiary/aromatic N) is 2. The summed E-state index contributed by atoms with van der Waals surface area (Å²) in [5.41, 5.74) is 2.76. The van der Waals surface area contributed by atoms with E-state index in [9.17, 15) is 4.79 Å². The summed E-state index contributed by atoms with van der Waals surface area (Å²) < 4.78 is 5.06. The van der Waals surface area contributed by atoms with Crippen molar-refractivity contribution in [1.82, 2.24) is 15.5 Å². The molecule has 1 amide bonds. The molecule has 3 rings (SSSR count). The fraction of sp³-hybridized carbons (Fsp3) is 0.333. The molecule has 1 aromatic carbocycles. The number of fused-ring (bicyclic) bond motifs is 1. The summed E-state index contributed by atoms with van der Waals surface area (Å²) >= 11 is 0. The lowest BCUT2D eigenvalue weighted by atomic mass is 10.0. The molecule has 2 heterocycles. The summed E-state index contributed by atoms with van der Waals surface area (Å²) in [6.07, 6.45) is 2.51. The maximum absolute atomic E-state index is 11.8. The molecule has 1 aliphatic rings. The summed E-state index contributed by atoms with van der Waals surface area (Å²) in [6, 6.07) is 11.9. The van der Waals surface area contributed by atoms with Crippen molar-refractivity contribution in [2.24, 2.45) is 4.99 Å². The van der Waals surface area contributed by atoms with Gasteiger partial charge in [-0.05, 0) is 29.7 Å². The Balaban J connectivity index is 1.47. The number of furan rings is 1. The average molecular weight is 326 g/mol. The van der Waals surface area contributed by atoms with E-state index in [4.69, 9.17) is 4.42 Å². The van der Waals surface area contributed by atoms with Crippen LogP contribution in [-0.2, 0) is 13.0 Å². The van der Waals surface area contributed by atoms with Crippen LogP contribution in [0.3, 0.4) is 0 Å². The Bertz CT molecular complexity index is 710. The monoisotopic (exact) mass is 326 g/mol. The van der Waals surface area contributed by atoms with Gasteiger partial charge in [-0.15, -0.1) is 0 Å². The van der Waals surface area contributed by atoms with Gasteiger partial charge in [0, 0.05) is 33.2 Å². The van der Waals surface area contributed by atoms with E-state index in [0.29, 0.717) is 18.8 Å². The number of benzene rings is 1. The van der Waals surface area contributed by atoms with Crippen LogP contribution in [0.5, 0.6) is 0 Å². The number of nitrogens with one attached hydrogen (secondary N) is 2. The van der Waals surface area contributed by atoms with Crippen LogP contribution in [0, 0.1) is 0 Å². The molecule has 0 fully saturated rings. The highest BCUT2D eigenvalue weighted by Crippen LogP contribution is 2.18. The van der Waals surface area contributed by atoms with Gasteiger partial charge in [-0.2, -0.15) is 0 Å². The van der Waals surface area contributed by atoms with Crippen molar-refractivity contribution >= 4 is 11.9 Å². The van der Waals surface area contributed by atoms with Gasteiger partial charge in [0.1, 0.15) is 0 Å². The fourth-order valence-electron chi connectivity index (χ4n) is 2.85. The minimum absolute atomic E-state index is 0.205. The van der Waals surface area contributed by atoms with Crippen molar-refractivity contribution in [3.8, 4) is 0 Å². The first kappa shape index (κ1) is 16.1. The summed E-state index contributed by atoms with van der Waals surface area (Å²) in [6.45, 7) is 2.91. The van der Waals surface area contributed by atoms with Crippen LogP contribution in [0.4, 0.5) is 0 Å². The van der Waals surface area contributed by atoms with Crippen LogP contribution >= 0.6 is 0 Å². The Hall–Kier alpha value is -2.76. The standard InChI is InChI=1S/C18H22N4O2/c1-19-18(21-10-9-20-17(23)16-7-4-12-24-16)22-11-8-14-5-2-3-6-15(14)13-22/h2-7,12H,8-11,13H2,1H3,(H,19,21)(H,20,23). The van der Waals surface area contributed by atoms with Gasteiger partial charge in [0.05, 0.1) is 6.26 Å². The lowest BCUT2D eigenvalue weighted by Crippen LogP contribution is -2.46. The van der Waals surface area contributed by atoms with E-state index in [1.165, 1.54) is 17.4 Å². The highest BCUT2D eigenvalue weighted by molar-refractivity contribution is 5.91. The van der Waals surface area contributed by atoms with Crippen LogP contribution < -0.4 is 10.6 Å². The minimum Gasteiger partial charge on any atom is -0.459 e. The Labute approximate surface area is 141 Å². The van der Waals surface area contributed by atoms with Crippen molar-refractivity contribution in [3.05, 3.63) is 59.5 Å². The molecule has 2 aromatic rings. The maximum atomic E-state index is 11.8. The van der Waals surface area contributed by atoms with Crippen molar-refractivity contribution in [2.75, 3.05) is 26.7 Å². The van der Waals surface area contributed by atoms with Crippen LogP contribution in [-0.4, -0.2) is 43.4 Å². The Kier molecular flexibility index (Phi) is 5.15. The molecular formula is C18H22N4O2. The number of aliphatic imine (C=N–C) groups is 1. The van der Waals surface area contributed by atoms with Gasteiger partial charge >= 0.3 is 0 Å². The van der Waals surface area contributed by atoms with Gasteiger partial charge in [-0.25, -0.2) is 0 Å². The molecule has 0 saturated carbocycles. The molecular weight excluding hydrogens is 304 g/mol. The van der Waals surface area contributed by atoms with E-state index < -0.39 is 0 Å². The predicted molar refractivity (Wildman–Crippen MR) is 93.0 cm³/mol. The minimum atomic E-state index is -0.205. The van der Waals surface area contributed by atoms with Gasteiger partial charge in [-0.3, -0.25) is 9.79 Å². The van der Waals surface area contributed by atoms with Crippen molar-refractivity contribution in [2.45, 2.75) is 13.0 Å². The number of carbonyl (C=O) groups excluding carboxylic acids is 1. The molecule has 0 aliphatic carbocycles. The lowest BCUT2D eigenvalue weighted by Gasteiger charge is -2.31. The molecule has 1 aromatic heterocycles. The van der Waals surface area contributed by atoms with E-state index in [1.54, 1.807) is 19.2 Å². The molecule has 24 heavy (non-hydrogen) atoms. The molecule has 0 radical (unpaired) electrons. The highest BCUT2D eigenvalue weighted by Gasteiger charge is 2.18. The van der Waals surface area contributed by atoms with Crippen molar-refractivity contribution < 1.29 is 9.21 Å². The van der Waals surface area contributed by atoms with Crippen LogP contribution in [0.25, 0.3) is 0 Å². The summed E-state index contributed by atoms with van der Waals surface area (Å²) in [7, 11) is 1.78. The van der Waals surface area contributed by atoms with Crippen LogP contribution in [0.15, 0.2) is 52.1 Å². The number of rotatable bonds is 4. The molecule has 0 atom stereocenters. The van der Waals surface area contributed by atoms with E-state index >= 15 is 0 Å². The first-order valence-electron chi connectivity index (χ1n) is 8.12. The second-order valence-electron chi connectivity index (χ2n) is 5.65. The summed E-state index contributed by atoms with van der Waals surface area (Å²) in [5, 5.41) is 6.12. The van der Waals surface area contributed by atoms with E-state index in [2.05, 4.69) is 44.8 Å². The highest BCUT2D eigenvalue weighted by atomic mass is 16.3. The molecule has 0 spiro atoms. The maximum Gasteiger partial charge on any atom is 0.287 e. The van der Waals surface area contributed by atoms with Gasteiger partial charge in [0.2, 0.25) is 0 Å². The smallest absolute Gasteiger partial charge is 0.287 e. The van der Waals surface area contributed by atoms with Gasteiger partial charge in [0.25, 0.3) is 5.91 Å². The van der Waals surface area contributed by atoms with E-state index in [1.807, 2.05) is 0 Å². The Morgan fingerprint density at radius 3 is 2.71 bits per heavy atom. The second-order valence-corrected chi connectivity index (χ2v) is 5.65. The normalized spacial score (nSPS) is 14.2. The van der Waals surface area contributed by atoms with E-state index in [0.717, 1.165) is 25.5 Å². The van der Waals surface area contributed by atoms with Gasteiger partial charge < -0.3 is 20.0 Å². The second kappa shape index (κ2) is 7.68. The third-order valence-corrected chi connectivity index (χ3v) is 4.08. The molecule has 0 saturated heterocycles. The number of hydrogen-bond donors (Lipinski definition) is 2. The van der Waals surface area contributed by atoms with Gasteiger partial charge in [-0.1, -0.05) is 24.3 Å². The fourth-order valence-corrected chi connectivity index (χ4v) is 2.85. The number of guanidine groups is 1. The molecule has 1 aliphatic heterocycles. The van der Waals surface area contributed by atoms with Crippen LogP contribution in [0.1, 0.15) is 21.7 Å². The SMILES string of the molecule is CN=C(NCCNC(=O)c1ccco1)N1CCc2ccccc2C1. The third-order valence-electron chi connectivity index (χ3n) is 4.08. The average Bonchev–Trinajstić information content (AvgIpc) is 3.16. The molecule has 0 unspecified atom stereocenters.